The zero-order valence-electron chi connectivity index (χ0n) is 53.6. The molecule has 6 heteroatoms. The number of rotatable bonds is 43. The zero-order valence-corrected chi connectivity index (χ0v) is 56.1. The highest BCUT2D eigenvalue weighted by Crippen LogP contribution is 2.68. The minimum atomic E-state index is -2.36. The van der Waals surface area contributed by atoms with Crippen molar-refractivity contribution in [3.05, 3.63) is 169 Å². The van der Waals surface area contributed by atoms with Crippen LogP contribution in [0.1, 0.15) is 219 Å². The molecule has 9 rings (SSSR count). The summed E-state index contributed by atoms with van der Waals surface area (Å²) < 4.78 is 21.2. The number of unbranched alkanes of at least 4 members (excludes halogenated alkanes) is 27. The van der Waals surface area contributed by atoms with Gasteiger partial charge in [0.15, 0.2) is 11.5 Å². The van der Waals surface area contributed by atoms with E-state index < -0.39 is 7.26 Å². The van der Waals surface area contributed by atoms with Crippen LogP contribution in [-0.4, -0.2) is 19.8 Å². The Hall–Kier alpha value is -5.45. The molecule has 0 spiro atoms. The lowest BCUT2D eigenvalue weighted by molar-refractivity contribution is 0.234. The normalized spacial score (nSPS) is 12.4. The Morgan fingerprint density at radius 3 is 0.954 bits per heavy atom. The molecule has 0 saturated carbocycles. The van der Waals surface area contributed by atoms with Crippen LogP contribution < -0.4 is 30.1 Å². The second kappa shape index (κ2) is 36.9. The summed E-state index contributed by atoms with van der Waals surface area (Å²) in [6, 6.07) is 61.7. The van der Waals surface area contributed by atoms with Crippen LogP contribution in [0.4, 0.5) is 0 Å². The third-order valence-electron chi connectivity index (χ3n) is 18.0. The number of ether oxygens (including phenoxy) is 3. The van der Waals surface area contributed by atoms with Crippen LogP contribution in [0.5, 0.6) is 17.2 Å². The summed E-state index contributed by atoms with van der Waals surface area (Å²) in [6.45, 7) is 8.94. The molecular formula is C81H104O3PS2+. The maximum atomic E-state index is 7.11. The molecule has 1 aliphatic rings. The molecule has 3 nitrogen and oxygen atoms in total. The summed E-state index contributed by atoms with van der Waals surface area (Å²) in [6.07, 6.45) is 39.7. The molecule has 3 heterocycles. The molecule has 0 aliphatic carbocycles. The molecule has 2 aromatic heterocycles. The Morgan fingerprint density at radius 2 is 0.598 bits per heavy atom. The Labute approximate surface area is 535 Å². The molecule has 0 amide bonds. The third kappa shape index (κ3) is 19.3. The molecule has 0 unspecified atom stereocenters. The summed E-state index contributed by atoms with van der Waals surface area (Å²) in [5, 5.41) is 4.41. The van der Waals surface area contributed by atoms with Gasteiger partial charge in [-0.3, -0.25) is 0 Å². The van der Waals surface area contributed by atoms with Crippen molar-refractivity contribution in [3.63, 3.8) is 0 Å². The van der Waals surface area contributed by atoms with Gasteiger partial charge in [0.25, 0.3) is 0 Å². The van der Waals surface area contributed by atoms with Gasteiger partial charge in [0.2, 0.25) is 5.75 Å². The van der Waals surface area contributed by atoms with E-state index in [4.69, 9.17) is 14.2 Å². The Kier molecular flexibility index (Phi) is 28.0. The van der Waals surface area contributed by atoms with Gasteiger partial charge in [-0.05, 0) is 82.5 Å². The van der Waals surface area contributed by atoms with Crippen molar-refractivity contribution < 1.29 is 14.2 Å². The van der Waals surface area contributed by atoms with Crippen LogP contribution in [0, 0.1) is 0 Å². The Bertz CT molecular complexity index is 2990. The number of hydrogen-bond acceptors (Lipinski definition) is 5. The predicted molar refractivity (Wildman–Crippen MR) is 384 cm³/mol. The van der Waals surface area contributed by atoms with Crippen LogP contribution in [0.2, 0.25) is 0 Å². The van der Waals surface area contributed by atoms with Gasteiger partial charge >= 0.3 is 0 Å². The van der Waals surface area contributed by atoms with Crippen molar-refractivity contribution >= 4 is 45.8 Å². The summed E-state index contributed by atoms with van der Waals surface area (Å²) >= 11 is 3.97. The first-order valence-electron chi connectivity index (χ1n) is 34.7. The van der Waals surface area contributed by atoms with Crippen molar-refractivity contribution in [2.24, 2.45) is 0 Å². The lowest BCUT2D eigenvalue weighted by Gasteiger charge is -2.25. The average molecular weight is 1220 g/mol. The van der Waals surface area contributed by atoms with Gasteiger partial charge < -0.3 is 14.2 Å². The highest BCUT2D eigenvalue weighted by Gasteiger charge is 2.56. The minimum absolute atomic E-state index is 0.667. The van der Waals surface area contributed by atoms with Crippen molar-refractivity contribution in [1.82, 2.24) is 0 Å². The fourth-order valence-electron chi connectivity index (χ4n) is 12.9. The third-order valence-corrected chi connectivity index (χ3v) is 25.2. The molecule has 0 radical (unpaired) electrons. The maximum absolute atomic E-state index is 7.11. The zero-order chi connectivity index (χ0) is 60.0. The van der Waals surface area contributed by atoms with E-state index in [1.165, 1.54) is 248 Å². The largest absolute Gasteiger partial charge is 0.490 e. The van der Waals surface area contributed by atoms with Crippen molar-refractivity contribution in [1.29, 1.82) is 0 Å². The quantitative estimate of drug-likeness (QED) is 0.0282. The molecule has 0 saturated heterocycles. The first-order valence-corrected chi connectivity index (χ1v) is 38.3. The molecular weight excluding hydrogens is 1120 g/mol. The Morgan fingerprint density at radius 1 is 0.299 bits per heavy atom. The molecule has 0 atom stereocenters. The topological polar surface area (TPSA) is 27.7 Å². The first kappa shape index (κ1) is 66.0. The van der Waals surface area contributed by atoms with E-state index in [2.05, 4.69) is 185 Å². The van der Waals surface area contributed by atoms with Crippen LogP contribution in [0.3, 0.4) is 0 Å². The molecule has 0 fully saturated rings. The molecule has 1 aliphatic heterocycles. The van der Waals surface area contributed by atoms with Gasteiger partial charge in [0.1, 0.15) is 23.2 Å². The van der Waals surface area contributed by atoms with E-state index in [1.54, 1.807) is 0 Å². The molecule has 8 aromatic rings. The van der Waals surface area contributed by atoms with Gasteiger partial charge in [-0.1, -0.05) is 322 Å². The van der Waals surface area contributed by atoms with Gasteiger partial charge in [0.05, 0.1) is 35.7 Å². The smallest absolute Gasteiger partial charge is 0.203 e. The van der Waals surface area contributed by atoms with E-state index in [1.807, 2.05) is 22.7 Å². The highest BCUT2D eigenvalue weighted by atomic mass is 32.1. The summed E-state index contributed by atoms with van der Waals surface area (Å²) in [5.74, 6) is 2.52. The standard InChI is InChI=1S/C81H104O3PS2/c1-4-7-10-13-16-19-22-25-28-40-57-82-73-60-65(61-74(83-58-41-29-26-23-20-17-14-11-8-5-2)79(73)84-59-42-30-27-24-21-18-15-12-9-6-3)64-85(72-47-38-33-39-48-72)75-62-77(70-53-49-68(50-54-70)66-43-34-31-35-44-66)86-80(75)81-76(85)63-78(87-81)71-55-51-69(52-56-71)67-45-36-32-37-46-67/h31-39,43-56,60-63H,4-30,40-42,57-59,64H2,1-3H3/q+1. The monoisotopic (exact) mass is 1220 g/mol. The van der Waals surface area contributed by atoms with E-state index in [-0.39, 0.29) is 0 Å². The second-order valence-electron chi connectivity index (χ2n) is 24.9. The summed E-state index contributed by atoms with van der Waals surface area (Å²) in [5.41, 5.74) is 8.76. The number of thiophene rings is 2. The molecule has 462 valence electrons. The first-order chi connectivity index (χ1) is 43.1. The lowest BCUT2D eigenvalue weighted by Crippen LogP contribution is -2.28. The van der Waals surface area contributed by atoms with Crippen LogP contribution in [-0.2, 0) is 6.16 Å². The van der Waals surface area contributed by atoms with E-state index in [0.29, 0.717) is 19.8 Å². The number of fused-ring (bicyclic) bond motifs is 3. The molecule has 87 heavy (non-hydrogen) atoms. The van der Waals surface area contributed by atoms with Gasteiger partial charge in [0, 0.05) is 21.9 Å². The molecule has 6 aromatic carbocycles. The van der Waals surface area contributed by atoms with Crippen molar-refractivity contribution in [2.45, 2.75) is 220 Å². The van der Waals surface area contributed by atoms with E-state index in [0.717, 1.165) is 42.7 Å². The molecule has 0 bridgehead atoms. The fourth-order valence-corrected chi connectivity index (χ4v) is 21.1. The molecule has 0 N–H and O–H groups in total. The van der Waals surface area contributed by atoms with Crippen LogP contribution in [0.15, 0.2) is 164 Å². The highest BCUT2D eigenvalue weighted by molar-refractivity contribution is 7.97. The van der Waals surface area contributed by atoms with Crippen molar-refractivity contribution in [3.8, 4) is 70.1 Å². The summed E-state index contributed by atoms with van der Waals surface area (Å²) in [7, 11) is -2.36. The SMILES string of the molecule is CCCCCCCCCCCCOc1cc(C[P+]2(c3ccccc3)c3cc(-c4ccc(-c5ccccc5)cc4)sc3-c3sc(-c4ccc(-c5ccccc5)cc4)cc32)cc(OCCCCCCCCCCCC)c1OCCCCCCCCCCCC. The lowest BCUT2D eigenvalue weighted by atomic mass is 10.0. The minimum Gasteiger partial charge on any atom is -0.490 e. The second-order valence-corrected chi connectivity index (χ2v) is 30.4. The summed E-state index contributed by atoms with van der Waals surface area (Å²) in [4.78, 5) is 5.49. The fraction of sp³-hybridized carbons (Fsp3) is 0.457. The maximum Gasteiger partial charge on any atom is 0.203 e. The van der Waals surface area contributed by atoms with Gasteiger partial charge in [-0.2, -0.15) is 0 Å². The van der Waals surface area contributed by atoms with Crippen molar-refractivity contribution in [2.75, 3.05) is 19.8 Å². The number of hydrogen-bond donors (Lipinski definition) is 0. The Balaban J connectivity index is 1.06. The van der Waals surface area contributed by atoms with Crippen LogP contribution in [0.25, 0.3) is 52.9 Å². The predicted octanol–water partition coefficient (Wildman–Crippen LogP) is 24.9. The van der Waals surface area contributed by atoms with Crippen LogP contribution >= 0.6 is 29.9 Å². The average Bonchev–Trinajstić information content (AvgIpc) is 1.56. The number of benzene rings is 6. The van der Waals surface area contributed by atoms with E-state index in [9.17, 15) is 0 Å². The van der Waals surface area contributed by atoms with E-state index >= 15 is 0 Å². The van der Waals surface area contributed by atoms with Gasteiger partial charge in [-0.25, -0.2) is 0 Å². The van der Waals surface area contributed by atoms with Gasteiger partial charge in [-0.15, -0.1) is 22.7 Å².